The van der Waals surface area contributed by atoms with Gasteiger partial charge in [-0.1, -0.05) is 46.9 Å². The Labute approximate surface area is 138 Å². The number of hydrogen-bond acceptors (Lipinski definition) is 1. The molecular weight excluding hydrogens is 331 g/mol. The molecule has 2 aromatic carbocycles. The molecule has 3 nitrogen and oxygen atoms in total. The number of hydrogen-bond donors (Lipinski definition) is 2. The molecule has 0 aliphatic carbocycles. The quantitative estimate of drug-likeness (QED) is 0.782. The van der Waals surface area contributed by atoms with E-state index in [-0.39, 0.29) is 6.03 Å². The van der Waals surface area contributed by atoms with Crippen LogP contribution in [0, 0.1) is 6.92 Å². The summed E-state index contributed by atoms with van der Waals surface area (Å²) in [6, 6.07) is 10.1. The second-order valence-electron chi connectivity index (χ2n) is 4.51. The van der Waals surface area contributed by atoms with E-state index in [1.807, 2.05) is 13.0 Å². The van der Waals surface area contributed by atoms with Crippen LogP contribution < -0.4 is 10.6 Å². The van der Waals surface area contributed by atoms with E-state index in [1.165, 1.54) is 0 Å². The van der Waals surface area contributed by atoms with Crippen molar-refractivity contribution in [1.82, 2.24) is 5.32 Å². The molecule has 21 heavy (non-hydrogen) atoms. The first kappa shape index (κ1) is 16.0. The number of anilines is 1. The van der Waals surface area contributed by atoms with Gasteiger partial charge in [-0.3, -0.25) is 0 Å². The molecule has 0 saturated heterocycles. The molecule has 110 valence electrons. The van der Waals surface area contributed by atoms with Gasteiger partial charge in [-0.2, -0.15) is 0 Å². The minimum absolute atomic E-state index is 0.307. The molecule has 0 unspecified atom stereocenters. The summed E-state index contributed by atoms with van der Waals surface area (Å²) in [5.41, 5.74) is 2.37. The largest absolute Gasteiger partial charge is 0.334 e. The molecule has 2 N–H and O–H groups in total. The van der Waals surface area contributed by atoms with E-state index >= 15 is 0 Å². The van der Waals surface area contributed by atoms with Crippen LogP contribution in [0.15, 0.2) is 36.4 Å². The molecule has 0 atom stereocenters. The fourth-order valence-electron chi connectivity index (χ4n) is 1.69. The highest BCUT2D eigenvalue weighted by Gasteiger charge is 2.06. The Morgan fingerprint density at radius 2 is 1.81 bits per heavy atom. The third-order valence-corrected chi connectivity index (χ3v) is 3.88. The van der Waals surface area contributed by atoms with Gasteiger partial charge in [0.15, 0.2) is 0 Å². The minimum atomic E-state index is -0.332. The van der Waals surface area contributed by atoms with Crippen LogP contribution in [0.2, 0.25) is 15.1 Å². The maximum absolute atomic E-state index is 11.8. The molecule has 0 saturated carbocycles. The number of aryl methyl sites for hydroxylation is 1. The second kappa shape index (κ2) is 7.03. The van der Waals surface area contributed by atoms with Crippen LogP contribution in [0.25, 0.3) is 0 Å². The van der Waals surface area contributed by atoms with Gasteiger partial charge in [-0.05, 0) is 42.3 Å². The summed E-state index contributed by atoms with van der Waals surface area (Å²) in [5.74, 6) is 0. The summed E-state index contributed by atoms with van der Waals surface area (Å²) in [7, 11) is 0. The zero-order valence-corrected chi connectivity index (χ0v) is 13.5. The molecule has 0 aliphatic heterocycles. The Bertz CT molecular complexity index is 674. The number of rotatable bonds is 3. The van der Waals surface area contributed by atoms with E-state index < -0.39 is 0 Å². The Hall–Kier alpha value is -1.42. The van der Waals surface area contributed by atoms with Crippen molar-refractivity contribution in [3.63, 3.8) is 0 Å². The molecule has 2 aromatic rings. The highest BCUT2D eigenvalue weighted by Crippen LogP contribution is 2.21. The third-order valence-electron chi connectivity index (χ3n) is 2.88. The van der Waals surface area contributed by atoms with E-state index in [4.69, 9.17) is 34.8 Å². The maximum Gasteiger partial charge on any atom is 0.319 e. The van der Waals surface area contributed by atoms with Crippen LogP contribution in [0.3, 0.4) is 0 Å². The van der Waals surface area contributed by atoms with Crippen molar-refractivity contribution in [2.45, 2.75) is 13.5 Å². The summed E-state index contributed by atoms with van der Waals surface area (Å²) < 4.78 is 0. The summed E-state index contributed by atoms with van der Waals surface area (Å²) >= 11 is 17.9. The van der Waals surface area contributed by atoms with Crippen molar-refractivity contribution >= 4 is 46.5 Å². The number of amides is 2. The van der Waals surface area contributed by atoms with Gasteiger partial charge in [0.2, 0.25) is 0 Å². The van der Waals surface area contributed by atoms with Crippen molar-refractivity contribution in [2.75, 3.05) is 5.32 Å². The Balaban J connectivity index is 1.94. The summed E-state index contributed by atoms with van der Waals surface area (Å²) in [6.45, 7) is 2.20. The van der Waals surface area contributed by atoms with Crippen LogP contribution in [0.5, 0.6) is 0 Å². The molecule has 0 spiro atoms. The lowest BCUT2D eigenvalue weighted by atomic mass is 10.2. The van der Waals surface area contributed by atoms with Gasteiger partial charge < -0.3 is 10.6 Å². The molecule has 0 radical (unpaired) electrons. The number of halogens is 3. The molecule has 2 amide bonds. The van der Waals surface area contributed by atoms with Gasteiger partial charge in [-0.25, -0.2) is 4.79 Å². The molecule has 0 fully saturated rings. The van der Waals surface area contributed by atoms with Gasteiger partial charge >= 0.3 is 6.03 Å². The van der Waals surface area contributed by atoms with Crippen molar-refractivity contribution in [2.24, 2.45) is 0 Å². The predicted molar refractivity (Wildman–Crippen MR) is 88.5 cm³/mol. The number of benzene rings is 2. The lowest BCUT2D eigenvalue weighted by Crippen LogP contribution is -2.28. The van der Waals surface area contributed by atoms with Crippen molar-refractivity contribution in [3.05, 3.63) is 62.6 Å². The highest BCUT2D eigenvalue weighted by atomic mass is 35.5. The van der Waals surface area contributed by atoms with E-state index in [0.29, 0.717) is 27.3 Å². The Morgan fingerprint density at radius 1 is 1.05 bits per heavy atom. The summed E-state index contributed by atoms with van der Waals surface area (Å²) in [6.07, 6.45) is 0. The van der Waals surface area contributed by atoms with Crippen LogP contribution >= 0.6 is 34.8 Å². The molecular formula is C15H13Cl3N2O. The average molecular weight is 344 g/mol. The molecule has 0 aliphatic rings. The van der Waals surface area contributed by atoms with E-state index in [2.05, 4.69) is 10.6 Å². The minimum Gasteiger partial charge on any atom is -0.334 e. The molecule has 2 rings (SSSR count). The topological polar surface area (TPSA) is 41.1 Å². The van der Waals surface area contributed by atoms with Crippen molar-refractivity contribution in [1.29, 1.82) is 0 Å². The third kappa shape index (κ3) is 4.53. The number of nitrogens with one attached hydrogen (secondary N) is 2. The SMILES string of the molecule is Cc1ccc(NC(=O)NCc2ccc(Cl)cc2Cl)cc1Cl. The average Bonchev–Trinajstić information content (AvgIpc) is 2.42. The first-order chi connectivity index (χ1) is 9.95. The van der Waals surface area contributed by atoms with Gasteiger partial charge in [0.25, 0.3) is 0 Å². The van der Waals surface area contributed by atoms with Crippen LogP contribution in [0.4, 0.5) is 10.5 Å². The monoisotopic (exact) mass is 342 g/mol. The fourth-order valence-corrected chi connectivity index (χ4v) is 2.34. The maximum atomic E-state index is 11.8. The zero-order chi connectivity index (χ0) is 15.4. The standard InChI is InChI=1S/C15H13Cl3N2O/c1-9-2-5-12(7-13(9)17)20-15(21)19-8-10-3-4-11(16)6-14(10)18/h2-7H,8H2,1H3,(H2,19,20,21). The highest BCUT2D eigenvalue weighted by molar-refractivity contribution is 6.35. The predicted octanol–water partition coefficient (Wildman–Crippen LogP) is 5.28. The zero-order valence-electron chi connectivity index (χ0n) is 11.2. The molecule has 0 bridgehead atoms. The Kier molecular flexibility index (Phi) is 5.34. The van der Waals surface area contributed by atoms with Gasteiger partial charge in [-0.15, -0.1) is 0 Å². The van der Waals surface area contributed by atoms with Crippen LogP contribution in [-0.4, -0.2) is 6.03 Å². The lowest BCUT2D eigenvalue weighted by molar-refractivity contribution is 0.252. The number of carbonyl (C=O) groups is 1. The van der Waals surface area contributed by atoms with E-state index in [0.717, 1.165) is 11.1 Å². The van der Waals surface area contributed by atoms with Crippen molar-refractivity contribution in [3.8, 4) is 0 Å². The van der Waals surface area contributed by atoms with Crippen LogP contribution in [-0.2, 0) is 6.54 Å². The van der Waals surface area contributed by atoms with Gasteiger partial charge in [0.1, 0.15) is 0 Å². The number of urea groups is 1. The van der Waals surface area contributed by atoms with Gasteiger partial charge in [0.05, 0.1) is 0 Å². The molecule has 0 aromatic heterocycles. The van der Waals surface area contributed by atoms with Gasteiger partial charge in [0, 0.05) is 27.3 Å². The van der Waals surface area contributed by atoms with E-state index in [1.54, 1.807) is 30.3 Å². The van der Waals surface area contributed by atoms with Crippen LogP contribution in [0.1, 0.15) is 11.1 Å². The smallest absolute Gasteiger partial charge is 0.319 e. The Morgan fingerprint density at radius 3 is 2.48 bits per heavy atom. The van der Waals surface area contributed by atoms with Crippen molar-refractivity contribution < 1.29 is 4.79 Å². The first-order valence-electron chi connectivity index (χ1n) is 6.20. The first-order valence-corrected chi connectivity index (χ1v) is 7.34. The normalized spacial score (nSPS) is 10.3. The molecule has 0 heterocycles. The molecule has 6 heteroatoms. The second-order valence-corrected chi connectivity index (χ2v) is 5.76. The van der Waals surface area contributed by atoms with E-state index in [9.17, 15) is 4.79 Å². The summed E-state index contributed by atoms with van der Waals surface area (Å²) in [5, 5.41) is 7.11. The summed E-state index contributed by atoms with van der Waals surface area (Å²) in [4.78, 5) is 11.8. The fraction of sp³-hybridized carbons (Fsp3) is 0.133. The lowest BCUT2D eigenvalue weighted by Gasteiger charge is -2.10. The number of carbonyl (C=O) groups excluding carboxylic acids is 1.